The largest absolute Gasteiger partial charge is 0.417 e. The molecule has 2 aliphatic rings. The van der Waals surface area contributed by atoms with Gasteiger partial charge in [-0.3, -0.25) is 0 Å². The van der Waals surface area contributed by atoms with Gasteiger partial charge in [0.05, 0.1) is 10.5 Å². The molecule has 1 heterocycles. The van der Waals surface area contributed by atoms with Crippen LogP contribution in [0.15, 0.2) is 51.6 Å². The summed E-state index contributed by atoms with van der Waals surface area (Å²) in [7, 11) is -4.04. The van der Waals surface area contributed by atoms with E-state index in [1.807, 2.05) is 12.2 Å². The summed E-state index contributed by atoms with van der Waals surface area (Å²) >= 11 is 2.81. The number of nitrogens with zero attached hydrogens (tertiary/aromatic N) is 1. The zero-order chi connectivity index (χ0) is 19.8. The minimum absolute atomic E-state index is 0.0140. The quantitative estimate of drug-likeness (QED) is 0.446. The number of alkyl halides is 3. The van der Waals surface area contributed by atoms with Crippen LogP contribution in [0, 0.1) is 11.8 Å². The van der Waals surface area contributed by atoms with E-state index < -0.39 is 21.8 Å². The minimum Gasteiger partial charge on any atom is -0.212 e. The molecule has 1 aromatic carbocycles. The van der Waals surface area contributed by atoms with Crippen molar-refractivity contribution in [1.82, 2.24) is 4.31 Å². The van der Waals surface area contributed by atoms with E-state index in [0.29, 0.717) is 25.3 Å². The standard InChI is InChI=1S/C18H18BrF4NO2S/c19-16-6-5-13(11-15(16)18(21,22)23)27(25,26)24-9-7-12(8-10-24)14-3-1-2-4-17(14)20/h1,3-6,11-12,14H,2,7-10H2. The lowest BCUT2D eigenvalue weighted by molar-refractivity contribution is -0.138. The molecule has 0 bridgehead atoms. The molecule has 148 valence electrons. The van der Waals surface area contributed by atoms with Gasteiger partial charge in [0, 0.05) is 23.5 Å². The first-order chi connectivity index (χ1) is 12.6. The molecule has 1 aromatic rings. The molecular formula is C18H18BrF4NO2S. The molecule has 0 radical (unpaired) electrons. The van der Waals surface area contributed by atoms with E-state index in [1.165, 1.54) is 10.4 Å². The third-order valence-electron chi connectivity index (χ3n) is 5.00. The molecule has 0 spiro atoms. The molecule has 3 rings (SSSR count). The Morgan fingerprint density at radius 3 is 2.41 bits per heavy atom. The van der Waals surface area contributed by atoms with Gasteiger partial charge in [-0.2, -0.15) is 17.5 Å². The highest BCUT2D eigenvalue weighted by molar-refractivity contribution is 9.10. The Balaban J connectivity index is 1.77. The van der Waals surface area contributed by atoms with Gasteiger partial charge in [0.2, 0.25) is 10.0 Å². The SMILES string of the molecule is O=S(=O)(c1ccc(Br)c(C(F)(F)F)c1)N1CCC(C2C=CCC=C2F)CC1. The molecule has 0 amide bonds. The maximum Gasteiger partial charge on any atom is 0.417 e. The van der Waals surface area contributed by atoms with Crippen LogP contribution in [-0.4, -0.2) is 25.8 Å². The molecule has 0 N–H and O–H groups in total. The number of allylic oxidation sites excluding steroid dienone is 4. The summed E-state index contributed by atoms with van der Waals surface area (Å²) in [6.07, 6.45) is 2.03. The van der Waals surface area contributed by atoms with E-state index >= 15 is 0 Å². The van der Waals surface area contributed by atoms with Crippen molar-refractivity contribution >= 4 is 26.0 Å². The normalized spacial score (nSPS) is 22.7. The number of rotatable bonds is 3. The van der Waals surface area contributed by atoms with Gasteiger partial charge in [-0.1, -0.05) is 28.1 Å². The van der Waals surface area contributed by atoms with E-state index in [4.69, 9.17) is 0 Å². The first-order valence-electron chi connectivity index (χ1n) is 8.50. The highest BCUT2D eigenvalue weighted by atomic mass is 79.9. The highest BCUT2D eigenvalue weighted by Gasteiger charge is 2.37. The summed E-state index contributed by atoms with van der Waals surface area (Å²) in [4.78, 5) is -0.389. The molecule has 1 saturated heterocycles. The van der Waals surface area contributed by atoms with Crippen LogP contribution < -0.4 is 0 Å². The fourth-order valence-corrected chi connectivity index (χ4v) is 5.49. The van der Waals surface area contributed by atoms with Crippen molar-refractivity contribution < 1.29 is 26.0 Å². The molecule has 1 fully saturated rings. The van der Waals surface area contributed by atoms with Gasteiger partial charge < -0.3 is 0 Å². The number of sulfonamides is 1. The van der Waals surface area contributed by atoms with E-state index in [1.54, 1.807) is 0 Å². The number of hydrogen-bond donors (Lipinski definition) is 0. The Labute approximate surface area is 163 Å². The summed E-state index contributed by atoms with van der Waals surface area (Å²) in [5, 5.41) is 0. The van der Waals surface area contributed by atoms with Crippen molar-refractivity contribution in [3.05, 3.63) is 52.3 Å². The molecule has 27 heavy (non-hydrogen) atoms. The van der Waals surface area contributed by atoms with Gasteiger partial charge in [0.25, 0.3) is 0 Å². The molecule has 3 nitrogen and oxygen atoms in total. The zero-order valence-electron chi connectivity index (χ0n) is 14.2. The highest BCUT2D eigenvalue weighted by Crippen LogP contribution is 2.38. The summed E-state index contributed by atoms with van der Waals surface area (Å²) in [5.74, 6) is -0.547. The van der Waals surface area contributed by atoms with Crippen molar-refractivity contribution in [3.63, 3.8) is 0 Å². The van der Waals surface area contributed by atoms with Crippen LogP contribution in [0.1, 0.15) is 24.8 Å². The van der Waals surface area contributed by atoms with E-state index in [0.717, 1.165) is 12.1 Å². The number of benzene rings is 1. The Morgan fingerprint density at radius 1 is 1.15 bits per heavy atom. The lowest BCUT2D eigenvalue weighted by Gasteiger charge is -2.34. The third-order valence-corrected chi connectivity index (χ3v) is 7.58. The molecule has 1 unspecified atom stereocenters. The smallest absolute Gasteiger partial charge is 0.212 e. The van der Waals surface area contributed by atoms with Crippen LogP contribution in [0.25, 0.3) is 0 Å². The maximum absolute atomic E-state index is 14.0. The molecule has 9 heteroatoms. The molecule has 1 aliphatic heterocycles. The second kappa shape index (κ2) is 7.67. The summed E-state index contributed by atoms with van der Waals surface area (Å²) in [6, 6.07) is 2.90. The minimum atomic E-state index is -4.66. The van der Waals surface area contributed by atoms with Crippen LogP contribution in [0.4, 0.5) is 17.6 Å². The Morgan fingerprint density at radius 2 is 1.81 bits per heavy atom. The number of hydrogen-bond acceptors (Lipinski definition) is 2. The van der Waals surface area contributed by atoms with Crippen molar-refractivity contribution in [3.8, 4) is 0 Å². The van der Waals surface area contributed by atoms with Crippen LogP contribution in [-0.2, 0) is 16.2 Å². The van der Waals surface area contributed by atoms with E-state index in [-0.39, 0.29) is 40.1 Å². The lowest BCUT2D eigenvalue weighted by atomic mass is 9.82. The van der Waals surface area contributed by atoms with Gasteiger partial charge >= 0.3 is 6.18 Å². The summed E-state index contributed by atoms with van der Waals surface area (Å²) in [5.41, 5.74) is -1.03. The molecule has 1 aliphatic carbocycles. The Kier molecular flexibility index (Phi) is 5.84. The van der Waals surface area contributed by atoms with Gasteiger partial charge in [-0.25, -0.2) is 12.8 Å². The molecule has 1 atom stereocenters. The van der Waals surface area contributed by atoms with Crippen molar-refractivity contribution in [1.29, 1.82) is 0 Å². The van der Waals surface area contributed by atoms with Crippen LogP contribution >= 0.6 is 15.9 Å². The van der Waals surface area contributed by atoms with Crippen LogP contribution in [0.2, 0.25) is 0 Å². The summed E-state index contributed by atoms with van der Waals surface area (Å²) < 4.78 is 79.7. The number of halogens is 5. The Bertz CT molecular complexity index is 872. The van der Waals surface area contributed by atoms with Gasteiger partial charge in [0.1, 0.15) is 5.83 Å². The Hall–Kier alpha value is -1.19. The number of piperidine rings is 1. The topological polar surface area (TPSA) is 37.4 Å². The van der Waals surface area contributed by atoms with Crippen molar-refractivity contribution in [2.24, 2.45) is 11.8 Å². The molecule has 0 aromatic heterocycles. The van der Waals surface area contributed by atoms with E-state index in [2.05, 4.69) is 15.9 Å². The zero-order valence-corrected chi connectivity index (χ0v) is 16.6. The second-order valence-corrected chi connectivity index (χ2v) is 9.45. The fraction of sp³-hybridized carbons (Fsp3) is 0.444. The van der Waals surface area contributed by atoms with Crippen LogP contribution in [0.5, 0.6) is 0 Å². The van der Waals surface area contributed by atoms with Gasteiger partial charge in [-0.05, 0) is 49.5 Å². The lowest BCUT2D eigenvalue weighted by Crippen LogP contribution is -2.40. The summed E-state index contributed by atoms with van der Waals surface area (Å²) in [6.45, 7) is 0.310. The molecule has 0 saturated carbocycles. The first kappa shape index (κ1) is 20.5. The third kappa shape index (κ3) is 4.30. The fourth-order valence-electron chi connectivity index (χ4n) is 3.52. The monoisotopic (exact) mass is 467 g/mol. The van der Waals surface area contributed by atoms with Crippen molar-refractivity contribution in [2.75, 3.05) is 13.1 Å². The van der Waals surface area contributed by atoms with Gasteiger partial charge in [-0.15, -0.1) is 0 Å². The molecular weight excluding hydrogens is 450 g/mol. The second-order valence-electron chi connectivity index (χ2n) is 6.66. The van der Waals surface area contributed by atoms with Crippen molar-refractivity contribution in [2.45, 2.75) is 30.3 Å². The maximum atomic E-state index is 14.0. The average molecular weight is 468 g/mol. The predicted octanol–water partition coefficient (Wildman–Crippen LogP) is 5.30. The van der Waals surface area contributed by atoms with Crippen LogP contribution in [0.3, 0.4) is 0 Å². The first-order valence-corrected chi connectivity index (χ1v) is 10.7. The van der Waals surface area contributed by atoms with E-state index in [9.17, 15) is 26.0 Å². The average Bonchev–Trinajstić information content (AvgIpc) is 2.61. The van der Waals surface area contributed by atoms with Gasteiger partial charge in [0.15, 0.2) is 0 Å². The predicted molar refractivity (Wildman–Crippen MR) is 97.1 cm³/mol.